The molecule has 0 atom stereocenters. The fourth-order valence-electron chi connectivity index (χ4n) is 1.91. The van der Waals surface area contributed by atoms with Gasteiger partial charge in [-0.2, -0.15) is 0 Å². The average Bonchev–Trinajstić information content (AvgIpc) is 3.11. The van der Waals surface area contributed by atoms with E-state index < -0.39 is 0 Å². The van der Waals surface area contributed by atoms with E-state index in [1.165, 1.54) is 6.08 Å². The SMILES string of the molecule is COc1ccc(/C=C/C(=O)NC(=S)NCc2cccs2)cc1OC. The number of carbonyl (C=O) groups is 1. The number of thiocarbonyl (C=S) groups is 1. The molecular formula is C17H18N2O3S2. The molecule has 24 heavy (non-hydrogen) atoms. The number of benzene rings is 1. The minimum atomic E-state index is -0.298. The molecule has 2 aromatic rings. The van der Waals surface area contributed by atoms with Crippen molar-refractivity contribution in [2.75, 3.05) is 14.2 Å². The Morgan fingerprint density at radius 1 is 1.25 bits per heavy atom. The number of ether oxygens (including phenoxy) is 2. The molecule has 126 valence electrons. The molecule has 0 fully saturated rings. The quantitative estimate of drug-likeness (QED) is 0.611. The maximum atomic E-state index is 11.9. The van der Waals surface area contributed by atoms with Crippen molar-refractivity contribution in [2.24, 2.45) is 0 Å². The first-order chi connectivity index (χ1) is 11.6. The summed E-state index contributed by atoms with van der Waals surface area (Å²) in [4.78, 5) is 13.0. The Morgan fingerprint density at radius 2 is 2.04 bits per heavy atom. The Kier molecular flexibility index (Phi) is 6.77. The van der Waals surface area contributed by atoms with E-state index in [0.29, 0.717) is 23.2 Å². The van der Waals surface area contributed by atoms with Crippen molar-refractivity contribution in [3.8, 4) is 11.5 Å². The minimum absolute atomic E-state index is 0.297. The van der Waals surface area contributed by atoms with E-state index in [1.807, 2.05) is 23.6 Å². The molecule has 0 radical (unpaired) electrons. The molecule has 0 bridgehead atoms. The molecule has 5 nitrogen and oxygen atoms in total. The number of hydrogen-bond acceptors (Lipinski definition) is 5. The summed E-state index contributed by atoms with van der Waals surface area (Å²) < 4.78 is 10.4. The highest BCUT2D eigenvalue weighted by Gasteiger charge is 2.04. The molecule has 0 aliphatic carbocycles. The maximum absolute atomic E-state index is 11.9. The van der Waals surface area contributed by atoms with Gasteiger partial charge in [-0.3, -0.25) is 10.1 Å². The zero-order valence-electron chi connectivity index (χ0n) is 13.4. The Balaban J connectivity index is 1.87. The molecule has 0 unspecified atom stereocenters. The predicted molar refractivity (Wildman–Crippen MR) is 100 cm³/mol. The highest BCUT2D eigenvalue weighted by Crippen LogP contribution is 2.27. The van der Waals surface area contributed by atoms with Crippen LogP contribution in [0.1, 0.15) is 10.4 Å². The zero-order valence-corrected chi connectivity index (χ0v) is 15.0. The first-order valence-corrected chi connectivity index (χ1v) is 8.42. The third-order valence-corrected chi connectivity index (χ3v) is 4.20. The van der Waals surface area contributed by atoms with E-state index in [-0.39, 0.29) is 5.91 Å². The van der Waals surface area contributed by atoms with E-state index >= 15 is 0 Å². The van der Waals surface area contributed by atoms with Gasteiger partial charge in [0.1, 0.15) is 0 Å². The summed E-state index contributed by atoms with van der Waals surface area (Å²) in [5, 5.41) is 7.88. The van der Waals surface area contributed by atoms with Gasteiger partial charge < -0.3 is 14.8 Å². The van der Waals surface area contributed by atoms with E-state index in [9.17, 15) is 4.79 Å². The standard InChI is InChI=1S/C17H18N2O3S2/c1-21-14-7-5-12(10-15(14)22-2)6-8-16(20)19-17(23)18-11-13-4-3-9-24-13/h3-10H,11H2,1-2H3,(H2,18,19,20,23)/b8-6+. The number of methoxy groups -OCH3 is 2. The Hall–Kier alpha value is -2.38. The summed E-state index contributed by atoms with van der Waals surface area (Å²) in [6, 6.07) is 9.37. The lowest BCUT2D eigenvalue weighted by atomic mass is 10.2. The molecule has 0 aliphatic rings. The molecule has 0 spiro atoms. The Bertz CT molecular complexity index is 727. The molecule has 0 saturated carbocycles. The predicted octanol–water partition coefficient (Wildman–Crippen LogP) is 2.97. The molecule has 1 aromatic heterocycles. The Labute approximate surface area is 150 Å². The van der Waals surface area contributed by atoms with Crippen molar-refractivity contribution >= 4 is 40.7 Å². The number of carbonyl (C=O) groups excluding carboxylic acids is 1. The highest BCUT2D eigenvalue weighted by atomic mass is 32.1. The zero-order chi connectivity index (χ0) is 17.4. The number of thiophene rings is 1. The van der Waals surface area contributed by atoms with Gasteiger partial charge in [0, 0.05) is 11.0 Å². The summed E-state index contributed by atoms with van der Waals surface area (Å²) in [5.74, 6) is 0.944. The molecule has 1 aromatic carbocycles. The van der Waals surface area contributed by atoms with Crippen LogP contribution in [0.2, 0.25) is 0 Å². The van der Waals surface area contributed by atoms with Gasteiger partial charge in [-0.1, -0.05) is 12.1 Å². The molecule has 0 saturated heterocycles. The minimum Gasteiger partial charge on any atom is -0.493 e. The van der Waals surface area contributed by atoms with Crippen molar-refractivity contribution < 1.29 is 14.3 Å². The lowest BCUT2D eigenvalue weighted by molar-refractivity contribution is -0.115. The summed E-state index contributed by atoms with van der Waals surface area (Å²) in [6.45, 7) is 0.593. The second-order valence-corrected chi connectivity index (χ2v) is 6.14. The molecule has 2 N–H and O–H groups in total. The van der Waals surface area contributed by atoms with Crippen LogP contribution in [0.4, 0.5) is 0 Å². The normalized spacial score (nSPS) is 10.4. The van der Waals surface area contributed by atoms with Crippen LogP contribution in [0.5, 0.6) is 11.5 Å². The van der Waals surface area contributed by atoms with Crippen molar-refractivity contribution in [1.82, 2.24) is 10.6 Å². The molecule has 1 heterocycles. The number of hydrogen-bond donors (Lipinski definition) is 2. The topological polar surface area (TPSA) is 59.6 Å². The smallest absolute Gasteiger partial charge is 0.250 e. The van der Waals surface area contributed by atoms with Crippen LogP contribution < -0.4 is 20.1 Å². The van der Waals surface area contributed by atoms with Gasteiger partial charge in [0.05, 0.1) is 20.8 Å². The largest absolute Gasteiger partial charge is 0.493 e. The molecule has 0 aliphatic heterocycles. The lowest BCUT2D eigenvalue weighted by Gasteiger charge is -2.08. The second kappa shape index (κ2) is 9.05. The molecule has 1 amide bonds. The first-order valence-electron chi connectivity index (χ1n) is 7.13. The van der Waals surface area contributed by atoms with E-state index in [4.69, 9.17) is 21.7 Å². The first kappa shape index (κ1) is 18.0. The fraction of sp³-hybridized carbons (Fsp3) is 0.176. The highest BCUT2D eigenvalue weighted by molar-refractivity contribution is 7.80. The number of rotatable bonds is 6. The summed E-state index contributed by atoms with van der Waals surface area (Å²) in [7, 11) is 3.14. The number of amides is 1. The van der Waals surface area contributed by atoms with E-state index in [2.05, 4.69) is 10.6 Å². The molecular weight excluding hydrogens is 344 g/mol. The molecule has 7 heteroatoms. The summed E-state index contributed by atoms with van der Waals surface area (Å²) in [6.07, 6.45) is 3.10. The second-order valence-electron chi connectivity index (χ2n) is 4.70. The van der Waals surface area contributed by atoms with Crippen molar-refractivity contribution in [3.63, 3.8) is 0 Å². The van der Waals surface area contributed by atoms with Crippen LogP contribution in [0.15, 0.2) is 41.8 Å². The van der Waals surface area contributed by atoms with Crippen LogP contribution in [-0.2, 0) is 11.3 Å². The van der Waals surface area contributed by atoms with Crippen LogP contribution in [0, 0.1) is 0 Å². The van der Waals surface area contributed by atoms with Crippen molar-refractivity contribution in [2.45, 2.75) is 6.54 Å². The van der Waals surface area contributed by atoms with Gasteiger partial charge in [0.2, 0.25) is 5.91 Å². The van der Waals surface area contributed by atoms with Gasteiger partial charge in [-0.15, -0.1) is 11.3 Å². The van der Waals surface area contributed by atoms with E-state index in [1.54, 1.807) is 43.8 Å². The van der Waals surface area contributed by atoms with Gasteiger partial charge in [-0.05, 0) is 47.4 Å². The van der Waals surface area contributed by atoms with Gasteiger partial charge >= 0.3 is 0 Å². The monoisotopic (exact) mass is 362 g/mol. The Morgan fingerprint density at radius 3 is 2.71 bits per heavy atom. The third kappa shape index (κ3) is 5.36. The van der Waals surface area contributed by atoms with Crippen molar-refractivity contribution in [3.05, 3.63) is 52.2 Å². The van der Waals surface area contributed by atoms with E-state index in [0.717, 1.165) is 10.4 Å². The van der Waals surface area contributed by atoms with Crippen LogP contribution >= 0.6 is 23.6 Å². The lowest BCUT2D eigenvalue weighted by Crippen LogP contribution is -2.37. The average molecular weight is 362 g/mol. The third-order valence-electron chi connectivity index (χ3n) is 3.07. The fourth-order valence-corrected chi connectivity index (χ4v) is 2.72. The maximum Gasteiger partial charge on any atom is 0.250 e. The van der Waals surface area contributed by atoms with Crippen LogP contribution in [0.3, 0.4) is 0 Å². The number of nitrogens with one attached hydrogen (secondary N) is 2. The van der Waals surface area contributed by atoms with Gasteiger partial charge in [-0.25, -0.2) is 0 Å². The van der Waals surface area contributed by atoms with Crippen LogP contribution in [-0.4, -0.2) is 25.2 Å². The summed E-state index contributed by atoms with van der Waals surface area (Å²) >= 11 is 6.72. The van der Waals surface area contributed by atoms with Crippen molar-refractivity contribution in [1.29, 1.82) is 0 Å². The molecule has 2 rings (SSSR count). The van der Waals surface area contributed by atoms with Crippen LogP contribution in [0.25, 0.3) is 6.08 Å². The van der Waals surface area contributed by atoms with Gasteiger partial charge in [0.25, 0.3) is 0 Å². The summed E-state index contributed by atoms with van der Waals surface area (Å²) in [5.41, 5.74) is 0.820. The van der Waals surface area contributed by atoms with Gasteiger partial charge in [0.15, 0.2) is 16.6 Å².